The van der Waals surface area contributed by atoms with Crippen LogP contribution >= 0.6 is 0 Å². The Bertz CT molecular complexity index is 925. The van der Waals surface area contributed by atoms with Crippen molar-refractivity contribution in [1.82, 2.24) is 4.98 Å². The molecule has 1 amide bonds. The van der Waals surface area contributed by atoms with Crippen molar-refractivity contribution in [3.8, 4) is 16.9 Å². The summed E-state index contributed by atoms with van der Waals surface area (Å²) in [6.45, 7) is 2.19. The Hall–Kier alpha value is -3.21. The summed E-state index contributed by atoms with van der Waals surface area (Å²) >= 11 is 0. The van der Waals surface area contributed by atoms with Crippen LogP contribution in [-0.4, -0.2) is 10.9 Å². The minimum atomic E-state index is -0.526. The van der Waals surface area contributed by atoms with Crippen LogP contribution in [0.4, 0.5) is 4.39 Å². The number of hydrogen-bond acceptors (Lipinski definition) is 3. The Morgan fingerprint density at radius 3 is 2.72 bits per heavy atom. The van der Waals surface area contributed by atoms with Crippen molar-refractivity contribution in [2.24, 2.45) is 5.73 Å². The maximum absolute atomic E-state index is 14.0. The SMILES string of the molecule is Cc1ncccc1COc1cc(F)cc(-c2cccc(C(N)=O)c2)c1. The lowest BCUT2D eigenvalue weighted by Gasteiger charge is -2.10. The quantitative estimate of drug-likeness (QED) is 0.769. The average Bonchev–Trinajstić information content (AvgIpc) is 2.61. The van der Waals surface area contributed by atoms with Gasteiger partial charge in [-0.05, 0) is 48.4 Å². The van der Waals surface area contributed by atoms with Crippen LogP contribution in [0.1, 0.15) is 21.6 Å². The fourth-order valence-corrected chi connectivity index (χ4v) is 2.50. The van der Waals surface area contributed by atoms with Gasteiger partial charge in [-0.25, -0.2) is 4.39 Å². The lowest BCUT2D eigenvalue weighted by atomic mass is 10.0. The number of halogens is 1. The van der Waals surface area contributed by atoms with Gasteiger partial charge in [0.2, 0.25) is 5.91 Å². The van der Waals surface area contributed by atoms with Crippen molar-refractivity contribution in [2.75, 3.05) is 0 Å². The van der Waals surface area contributed by atoms with E-state index in [1.165, 1.54) is 12.1 Å². The molecule has 1 heterocycles. The summed E-state index contributed by atoms with van der Waals surface area (Å²) in [6.07, 6.45) is 1.71. The van der Waals surface area contributed by atoms with Crippen LogP contribution in [0.3, 0.4) is 0 Å². The van der Waals surface area contributed by atoms with E-state index < -0.39 is 11.7 Å². The summed E-state index contributed by atoms with van der Waals surface area (Å²) in [5.41, 5.74) is 8.78. The first-order valence-corrected chi connectivity index (χ1v) is 7.77. The van der Waals surface area contributed by atoms with Gasteiger partial charge in [0, 0.05) is 29.1 Å². The molecule has 4 nitrogen and oxygen atoms in total. The number of benzene rings is 2. The molecule has 2 N–H and O–H groups in total. The van der Waals surface area contributed by atoms with Crippen molar-refractivity contribution in [3.05, 3.63) is 83.4 Å². The van der Waals surface area contributed by atoms with Gasteiger partial charge in [-0.1, -0.05) is 18.2 Å². The molecule has 3 rings (SSSR count). The van der Waals surface area contributed by atoms with Crippen molar-refractivity contribution >= 4 is 5.91 Å². The zero-order valence-corrected chi connectivity index (χ0v) is 13.7. The summed E-state index contributed by atoms with van der Waals surface area (Å²) in [5, 5.41) is 0. The third-order valence-corrected chi connectivity index (χ3v) is 3.86. The standard InChI is InChI=1S/C20H17FN2O2/c1-13-16(6-3-7-23-13)12-25-19-10-17(9-18(21)11-19)14-4-2-5-15(8-14)20(22)24/h2-11H,12H2,1H3,(H2,22,24). The van der Waals surface area contributed by atoms with Gasteiger partial charge in [0.15, 0.2) is 0 Å². The van der Waals surface area contributed by atoms with Gasteiger partial charge >= 0.3 is 0 Å². The monoisotopic (exact) mass is 336 g/mol. The van der Waals surface area contributed by atoms with E-state index in [0.717, 1.165) is 11.3 Å². The summed E-state index contributed by atoms with van der Waals surface area (Å²) in [5.74, 6) is -0.538. The highest BCUT2D eigenvalue weighted by atomic mass is 19.1. The van der Waals surface area contributed by atoms with Crippen LogP contribution in [-0.2, 0) is 6.61 Å². The molecule has 5 heteroatoms. The van der Waals surface area contributed by atoms with Gasteiger partial charge in [0.25, 0.3) is 0 Å². The first-order valence-electron chi connectivity index (χ1n) is 7.77. The van der Waals surface area contributed by atoms with Crippen LogP contribution in [0, 0.1) is 12.7 Å². The van der Waals surface area contributed by atoms with Gasteiger partial charge in [0.05, 0.1) is 0 Å². The second-order valence-electron chi connectivity index (χ2n) is 5.66. The number of nitrogens with zero attached hydrogens (tertiary/aromatic N) is 1. The normalized spacial score (nSPS) is 10.5. The minimum absolute atomic E-state index is 0.296. The van der Waals surface area contributed by atoms with E-state index in [4.69, 9.17) is 10.5 Å². The number of hydrogen-bond donors (Lipinski definition) is 1. The lowest BCUT2D eigenvalue weighted by molar-refractivity contribution is 0.100. The van der Waals surface area contributed by atoms with Gasteiger partial charge in [-0.3, -0.25) is 9.78 Å². The van der Waals surface area contributed by atoms with E-state index in [0.29, 0.717) is 29.0 Å². The minimum Gasteiger partial charge on any atom is -0.489 e. The highest BCUT2D eigenvalue weighted by Crippen LogP contribution is 2.27. The summed E-state index contributed by atoms with van der Waals surface area (Å²) in [7, 11) is 0. The zero-order chi connectivity index (χ0) is 17.8. The molecule has 0 aliphatic carbocycles. The number of rotatable bonds is 5. The zero-order valence-electron chi connectivity index (χ0n) is 13.7. The van der Waals surface area contributed by atoms with E-state index in [9.17, 15) is 9.18 Å². The Morgan fingerprint density at radius 2 is 1.96 bits per heavy atom. The number of primary amides is 1. The molecule has 3 aromatic rings. The second-order valence-corrected chi connectivity index (χ2v) is 5.66. The molecule has 0 fully saturated rings. The lowest BCUT2D eigenvalue weighted by Crippen LogP contribution is -2.10. The fraction of sp³-hybridized carbons (Fsp3) is 0.100. The highest BCUT2D eigenvalue weighted by molar-refractivity contribution is 5.94. The molecule has 0 atom stereocenters. The van der Waals surface area contributed by atoms with E-state index >= 15 is 0 Å². The average molecular weight is 336 g/mol. The first kappa shape index (κ1) is 16.6. The fourth-order valence-electron chi connectivity index (χ4n) is 2.50. The number of nitrogens with two attached hydrogens (primary N) is 1. The molecule has 0 saturated carbocycles. The number of amides is 1. The van der Waals surface area contributed by atoms with Gasteiger partial charge in [-0.15, -0.1) is 0 Å². The topological polar surface area (TPSA) is 65.2 Å². The number of aryl methyl sites for hydroxylation is 1. The molecule has 25 heavy (non-hydrogen) atoms. The van der Waals surface area contributed by atoms with Crippen LogP contribution in [0.2, 0.25) is 0 Å². The molecule has 0 aliphatic rings. The largest absolute Gasteiger partial charge is 0.489 e. The molecule has 0 radical (unpaired) electrons. The smallest absolute Gasteiger partial charge is 0.248 e. The maximum atomic E-state index is 14.0. The number of carbonyl (C=O) groups is 1. The third kappa shape index (κ3) is 4.01. The number of pyridine rings is 1. The second kappa shape index (κ2) is 7.13. The van der Waals surface area contributed by atoms with Gasteiger partial charge in [-0.2, -0.15) is 0 Å². The number of aromatic nitrogens is 1. The predicted octanol–water partition coefficient (Wildman–Crippen LogP) is 3.87. The highest BCUT2D eigenvalue weighted by Gasteiger charge is 2.08. The Kier molecular flexibility index (Phi) is 4.75. The van der Waals surface area contributed by atoms with E-state index in [2.05, 4.69) is 4.98 Å². The van der Waals surface area contributed by atoms with Crippen molar-refractivity contribution in [3.63, 3.8) is 0 Å². The van der Waals surface area contributed by atoms with Crippen molar-refractivity contribution in [1.29, 1.82) is 0 Å². The summed E-state index contributed by atoms with van der Waals surface area (Å²) in [6, 6.07) is 14.9. The molecule has 1 aromatic heterocycles. The molecular formula is C20H17FN2O2. The van der Waals surface area contributed by atoms with Gasteiger partial charge in [0.1, 0.15) is 18.2 Å². The molecule has 0 spiro atoms. The van der Waals surface area contributed by atoms with Crippen LogP contribution < -0.4 is 10.5 Å². The maximum Gasteiger partial charge on any atom is 0.248 e. The Labute approximate surface area is 145 Å². The molecule has 0 unspecified atom stereocenters. The van der Waals surface area contributed by atoms with Crippen LogP contribution in [0.5, 0.6) is 5.75 Å². The molecule has 0 saturated heterocycles. The van der Waals surface area contributed by atoms with Crippen LogP contribution in [0.25, 0.3) is 11.1 Å². The summed E-state index contributed by atoms with van der Waals surface area (Å²) < 4.78 is 19.7. The Morgan fingerprint density at radius 1 is 1.12 bits per heavy atom. The molecule has 0 aliphatic heterocycles. The third-order valence-electron chi connectivity index (χ3n) is 3.86. The van der Waals surface area contributed by atoms with E-state index in [1.807, 2.05) is 19.1 Å². The molecular weight excluding hydrogens is 319 g/mol. The molecule has 0 bridgehead atoms. The van der Waals surface area contributed by atoms with E-state index in [1.54, 1.807) is 36.5 Å². The molecule has 2 aromatic carbocycles. The molecule has 126 valence electrons. The van der Waals surface area contributed by atoms with Crippen LogP contribution in [0.15, 0.2) is 60.8 Å². The predicted molar refractivity (Wildman–Crippen MR) is 93.7 cm³/mol. The number of ether oxygens (including phenoxy) is 1. The summed E-state index contributed by atoms with van der Waals surface area (Å²) in [4.78, 5) is 15.5. The van der Waals surface area contributed by atoms with E-state index in [-0.39, 0.29) is 0 Å². The first-order chi connectivity index (χ1) is 12.0. The van der Waals surface area contributed by atoms with Crippen molar-refractivity contribution < 1.29 is 13.9 Å². The van der Waals surface area contributed by atoms with Gasteiger partial charge < -0.3 is 10.5 Å². The Balaban J connectivity index is 1.87. The van der Waals surface area contributed by atoms with Crippen molar-refractivity contribution in [2.45, 2.75) is 13.5 Å². The number of carbonyl (C=O) groups excluding carboxylic acids is 1.